The summed E-state index contributed by atoms with van der Waals surface area (Å²) in [5.41, 5.74) is 1.63. The van der Waals surface area contributed by atoms with Gasteiger partial charge in [-0.1, -0.05) is 15.9 Å². The highest BCUT2D eigenvalue weighted by atomic mass is 79.9. The second-order valence-electron chi connectivity index (χ2n) is 4.38. The maximum atomic E-state index is 9.37. The summed E-state index contributed by atoms with van der Waals surface area (Å²) in [6, 6.07) is 11.1. The molecule has 0 spiro atoms. The zero-order valence-electron chi connectivity index (χ0n) is 11.9. The summed E-state index contributed by atoms with van der Waals surface area (Å²) in [6.07, 6.45) is 0. The van der Waals surface area contributed by atoms with Crippen LogP contribution in [0.4, 0.5) is 0 Å². The lowest BCUT2D eigenvalue weighted by Gasteiger charge is -2.14. The lowest BCUT2D eigenvalue weighted by molar-refractivity contribution is 0.255. The molecule has 0 atom stereocenters. The first kappa shape index (κ1) is 15.7. The first-order valence-electron chi connectivity index (χ1n) is 6.41. The molecule has 112 valence electrons. The van der Waals surface area contributed by atoms with E-state index in [2.05, 4.69) is 15.9 Å². The molecule has 2 aromatic carbocycles. The molecule has 0 heterocycles. The molecule has 0 bridgehead atoms. The van der Waals surface area contributed by atoms with E-state index in [1.807, 2.05) is 18.2 Å². The fourth-order valence-electron chi connectivity index (χ4n) is 1.94. The predicted molar refractivity (Wildman–Crippen MR) is 83.9 cm³/mol. The fourth-order valence-corrected chi connectivity index (χ4v) is 2.35. The molecular weight excluding hydrogens is 336 g/mol. The van der Waals surface area contributed by atoms with E-state index in [1.54, 1.807) is 32.4 Å². The van der Waals surface area contributed by atoms with Gasteiger partial charge in [0.2, 0.25) is 0 Å². The van der Waals surface area contributed by atoms with Gasteiger partial charge in [-0.15, -0.1) is 0 Å². The highest BCUT2D eigenvalue weighted by molar-refractivity contribution is 9.10. The van der Waals surface area contributed by atoms with E-state index in [9.17, 15) is 5.11 Å². The van der Waals surface area contributed by atoms with Gasteiger partial charge in [0.1, 0.15) is 23.9 Å². The van der Waals surface area contributed by atoms with Gasteiger partial charge in [0.05, 0.1) is 20.8 Å². The zero-order valence-corrected chi connectivity index (χ0v) is 13.5. The van der Waals surface area contributed by atoms with Gasteiger partial charge < -0.3 is 19.3 Å². The first-order chi connectivity index (χ1) is 10.2. The highest BCUT2D eigenvalue weighted by Crippen LogP contribution is 2.28. The standard InChI is InChI=1S/C16H17BrO4/c1-19-14-5-3-11(9-18)16(8-14)21-10-12-7-13(17)4-6-15(12)20-2/h3-8,18H,9-10H2,1-2H3. The molecule has 1 N–H and O–H groups in total. The van der Waals surface area contributed by atoms with E-state index < -0.39 is 0 Å². The number of aliphatic hydroxyl groups is 1. The molecule has 0 amide bonds. The Morgan fingerprint density at radius 1 is 0.952 bits per heavy atom. The van der Waals surface area contributed by atoms with E-state index in [1.165, 1.54) is 0 Å². The van der Waals surface area contributed by atoms with Crippen LogP contribution in [0.25, 0.3) is 0 Å². The summed E-state index contributed by atoms with van der Waals surface area (Å²) in [7, 11) is 3.21. The predicted octanol–water partition coefficient (Wildman–Crippen LogP) is 3.54. The van der Waals surface area contributed by atoms with Crippen LogP contribution in [0.3, 0.4) is 0 Å². The second-order valence-corrected chi connectivity index (χ2v) is 5.29. The van der Waals surface area contributed by atoms with E-state index in [4.69, 9.17) is 14.2 Å². The number of rotatable bonds is 6. The van der Waals surface area contributed by atoms with Gasteiger partial charge in [-0.25, -0.2) is 0 Å². The van der Waals surface area contributed by atoms with Crippen molar-refractivity contribution in [1.82, 2.24) is 0 Å². The average Bonchev–Trinajstić information content (AvgIpc) is 2.52. The van der Waals surface area contributed by atoms with Crippen LogP contribution in [-0.2, 0) is 13.2 Å². The molecule has 21 heavy (non-hydrogen) atoms. The number of benzene rings is 2. The van der Waals surface area contributed by atoms with E-state index >= 15 is 0 Å². The summed E-state index contributed by atoms with van der Waals surface area (Å²) in [5.74, 6) is 2.04. The maximum Gasteiger partial charge on any atom is 0.129 e. The van der Waals surface area contributed by atoms with Crippen LogP contribution < -0.4 is 14.2 Å². The molecule has 0 aromatic heterocycles. The van der Waals surface area contributed by atoms with Gasteiger partial charge in [0, 0.05) is 21.7 Å². The number of methoxy groups -OCH3 is 2. The minimum Gasteiger partial charge on any atom is -0.497 e. The van der Waals surface area contributed by atoms with Gasteiger partial charge >= 0.3 is 0 Å². The Kier molecular flexibility index (Phi) is 5.47. The molecule has 0 aliphatic carbocycles. The Labute approximate surface area is 132 Å². The van der Waals surface area contributed by atoms with Crippen molar-refractivity contribution in [2.45, 2.75) is 13.2 Å². The molecule has 0 saturated carbocycles. The highest BCUT2D eigenvalue weighted by Gasteiger charge is 2.08. The Balaban J connectivity index is 2.21. The molecule has 0 fully saturated rings. The number of aliphatic hydroxyl groups excluding tert-OH is 1. The smallest absolute Gasteiger partial charge is 0.129 e. The van der Waals surface area contributed by atoms with Crippen molar-refractivity contribution in [1.29, 1.82) is 0 Å². The third-order valence-electron chi connectivity index (χ3n) is 3.07. The number of ether oxygens (including phenoxy) is 3. The Hall–Kier alpha value is -1.72. The van der Waals surface area contributed by atoms with E-state index in [0.29, 0.717) is 23.7 Å². The Morgan fingerprint density at radius 3 is 2.43 bits per heavy atom. The molecule has 5 heteroatoms. The topological polar surface area (TPSA) is 47.9 Å². The first-order valence-corrected chi connectivity index (χ1v) is 7.20. The normalized spacial score (nSPS) is 10.3. The molecule has 0 saturated heterocycles. The van der Waals surface area contributed by atoms with Gasteiger partial charge in [0.15, 0.2) is 0 Å². The third kappa shape index (κ3) is 3.89. The van der Waals surface area contributed by atoms with Gasteiger partial charge in [0.25, 0.3) is 0 Å². The minimum atomic E-state index is -0.0883. The van der Waals surface area contributed by atoms with Crippen molar-refractivity contribution < 1.29 is 19.3 Å². The molecule has 2 rings (SSSR count). The monoisotopic (exact) mass is 352 g/mol. The van der Waals surface area contributed by atoms with Gasteiger partial charge in [-0.05, 0) is 30.3 Å². The number of halogens is 1. The summed E-state index contributed by atoms with van der Waals surface area (Å²) >= 11 is 3.43. The summed E-state index contributed by atoms with van der Waals surface area (Å²) in [4.78, 5) is 0. The quantitative estimate of drug-likeness (QED) is 0.863. The van der Waals surface area contributed by atoms with Crippen LogP contribution in [0.15, 0.2) is 40.9 Å². The Bertz CT molecular complexity index is 613. The number of hydrogen-bond acceptors (Lipinski definition) is 4. The van der Waals surface area contributed by atoms with E-state index in [-0.39, 0.29) is 6.61 Å². The van der Waals surface area contributed by atoms with Gasteiger partial charge in [-0.3, -0.25) is 0 Å². The van der Waals surface area contributed by atoms with Crippen molar-refractivity contribution >= 4 is 15.9 Å². The maximum absolute atomic E-state index is 9.37. The SMILES string of the molecule is COc1ccc(CO)c(OCc2cc(Br)ccc2OC)c1. The second kappa shape index (κ2) is 7.33. The lowest BCUT2D eigenvalue weighted by atomic mass is 10.2. The van der Waals surface area contributed by atoms with Crippen molar-refractivity contribution in [2.75, 3.05) is 14.2 Å². The molecule has 0 aliphatic heterocycles. The Morgan fingerprint density at radius 2 is 1.76 bits per heavy atom. The summed E-state index contributed by atoms with van der Waals surface area (Å²) < 4.78 is 17.3. The van der Waals surface area contributed by atoms with Crippen LogP contribution in [0.1, 0.15) is 11.1 Å². The largest absolute Gasteiger partial charge is 0.497 e. The molecule has 2 aromatic rings. The van der Waals surface area contributed by atoms with Crippen LogP contribution in [0, 0.1) is 0 Å². The molecular formula is C16H17BrO4. The van der Waals surface area contributed by atoms with Crippen LogP contribution in [0.2, 0.25) is 0 Å². The van der Waals surface area contributed by atoms with Gasteiger partial charge in [-0.2, -0.15) is 0 Å². The van der Waals surface area contributed by atoms with E-state index in [0.717, 1.165) is 15.8 Å². The third-order valence-corrected chi connectivity index (χ3v) is 3.56. The summed E-state index contributed by atoms with van der Waals surface area (Å²) in [6.45, 7) is 0.248. The molecule has 0 aliphatic rings. The van der Waals surface area contributed by atoms with Crippen LogP contribution >= 0.6 is 15.9 Å². The molecule has 0 radical (unpaired) electrons. The molecule has 0 unspecified atom stereocenters. The van der Waals surface area contributed by atoms with Crippen LogP contribution in [-0.4, -0.2) is 19.3 Å². The van der Waals surface area contributed by atoms with Crippen molar-refractivity contribution in [2.24, 2.45) is 0 Å². The van der Waals surface area contributed by atoms with Crippen molar-refractivity contribution in [3.8, 4) is 17.2 Å². The lowest BCUT2D eigenvalue weighted by Crippen LogP contribution is -2.01. The fraction of sp³-hybridized carbons (Fsp3) is 0.250. The van der Waals surface area contributed by atoms with Crippen LogP contribution in [0.5, 0.6) is 17.2 Å². The average molecular weight is 353 g/mol. The zero-order chi connectivity index (χ0) is 15.2. The number of hydrogen-bond donors (Lipinski definition) is 1. The summed E-state index contributed by atoms with van der Waals surface area (Å²) in [5, 5.41) is 9.37. The van der Waals surface area contributed by atoms with Crippen molar-refractivity contribution in [3.05, 3.63) is 52.0 Å². The molecule has 4 nitrogen and oxygen atoms in total. The van der Waals surface area contributed by atoms with Crippen molar-refractivity contribution in [3.63, 3.8) is 0 Å². The minimum absolute atomic E-state index is 0.0883.